The number of hydrogen-bond donors (Lipinski definition) is 5. The third kappa shape index (κ3) is 40.7. The number of nitrogens with one attached hydrogen (secondary N) is 2. The van der Waals surface area contributed by atoms with Gasteiger partial charge in [0.05, 0.1) is 43.6 Å². The van der Waals surface area contributed by atoms with E-state index in [1.807, 2.05) is 146 Å². The summed E-state index contributed by atoms with van der Waals surface area (Å²) in [4.78, 5) is 158. The van der Waals surface area contributed by atoms with E-state index < -0.39 is 17.8 Å². The maximum Gasteiger partial charge on any atom is 0.337 e. The molecule has 14 rings (SSSR count). The van der Waals surface area contributed by atoms with E-state index >= 15 is 0 Å². The van der Waals surface area contributed by atoms with Crippen LogP contribution in [0, 0.1) is 0 Å². The summed E-state index contributed by atoms with van der Waals surface area (Å²) in [6, 6.07) is 95.5. The van der Waals surface area contributed by atoms with Crippen LogP contribution in [0.2, 0.25) is 0 Å². The molecule has 0 aliphatic carbocycles. The molecule has 0 saturated carbocycles. The van der Waals surface area contributed by atoms with Crippen molar-refractivity contribution in [2.75, 3.05) is 34.5 Å². The van der Waals surface area contributed by atoms with Gasteiger partial charge in [-0.2, -0.15) is 0 Å². The summed E-state index contributed by atoms with van der Waals surface area (Å²) in [7, 11) is 4.00. The fourth-order valence-corrected chi connectivity index (χ4v) is 12.3. The molecule has 2 saturated heterocycles. The molecule has 135 heavy (non-hydrogen) atoms. The smallest absolute Gasteiger partial charge is 0.337 e. The third-order valence-electron chi connectivity index (χ3n) is 19.9. The molecule has 0 aromatic heterocycles. The lowest BCUT2D eigenvalue weighted by Crippen LogP contribution is -2.33. The van der Waals surface area contributed by atoms with E-state index in [0.717, 1.165) is 83.9 Å². The van der Waals surface area contributed by atoms with Crippen LogP contribution in [0.3, 0.4) is 0 Å². The number of amides is 2. The van der Waals surface area contributed by atoms with Gasteiger partial charge in [0.15, 0.2) is 47.3 Å². The van der Waals surface area contributed by atoms with Gasteiger partial charge >= 0.3 is 23.9 Å². The van der Waals surface area contributed by atoms with Crippen molar-refractivity contribution in [3.63, 3.8) is 0 Å². The van der Waals surface area contributed by atoms with Gasteiger partial charge < -0.3 is 28.8 Å². The van der Waals surface area contributed by atoms with E-state index in [0.29, 0.717) is 101 Å². The Bertz CT molecular complexity index is 5610. The molecule has 12 aromatic rings. The highest BCUT2D eigenvalue weighted by molar-refractivity contribution is 6.08. The molecule has 2 heterocycles. The van der Waals surface area contributed by atoms with Crippen molar-refractivity contribution < 1.29 is 107 Å². The van der Waals surface area contributed by atoms with Crippen LogP contribution in [-0.2, 0) is 52.6 Å². The molecule has 2 unspecified atom stereocenters. The molecule has 0 radical (unpaired) electrons. The summed E-state index contributed by atoms with van der Waals surface area (Å²) in [5, 5.41) is 17.3. The van der Waals surface area contributed by atoms with Gasteiger partial charge in [0.2, 0.25) is 0 Å². The normalized spacial score (nSPS) is 12.5. The predicted octanol–water partition coefficient (Wildman–Crippen LogP) is 20.7. The first-order chi connectivity index (χ1) is 65.0. The number of nitrogens with two attached hydrogens (primary N) is 1. The third-order valence-corrected chi connectivity index (χ3v) is 19.9. The second-order valence-corrected chi connectivity index (χ2v) is 29.5. The van der Waals surface area contributed by atoms with E-state index in [9.17, 15) is 62.3 Å². The average molecular weight is 1830 g/mol. The number of ketones is 6. The minimum absolute atomic E-state index is 0. The van der Waals surface area contributed by atoms with Crippen molar-refractivity contribution in [1.29, 1.82) is 0 Å². The van der Waals surface area contributed by atoms with Gasteiger partial charge in [-0.05, 0) is 165 Å². The van der Waals surface area contributed by atoms with Gasteiger partial charge in [0.1, 0.15) is 6.29 Å². The molecule has 2 atom stereocenters. The lowest BCUT2D eigenvalue weighted by Gasteiger charge is -2.22. The van der Waals surface area contributed by atoms with Crippen LogP contribution >= 0.6 is 0 Å². The number of methoxy groups -OCH3 is 3. The van der Waals surface area contributed by atoms with Gasteiger partial charge in [0.25, 0.3) is 11.8 Å². The summed E-state index contributed by atoms with van der Waals surface area (Å²) in [5.41, 5.74) is 16.0. The second kappa shape index (κ2) is 61.9. The number of hydroxylamine groups is 2. The Morgan fingerprint density at radius 3 is 0.919 bits per heavy atom. The quantitative estimate of drug-likeness (QED) is 0.00553. The minimum atomic E-state index is -0.938. The Kier molecular flexibility index (Phi) is 49.6. The van der Waals surface area contributed by atoms with Crippen LogP contribution in [0.25, 0.3) is 12.2 Å². The van der Waals surface area contributed by atoms with E-state index in [1.54, 1.807) is 207 Å². The number of carboxylic acids is 1. The van der Waals surface area contributed by atoms with Crippen LogP contribution in [0.4, 0.5) is 0 Å². The van der Waals surface area contributed by atoms with E-state index in [4.69, 9.17) is 30.5 Å². The average Bonchev–Trinajstić information content (AvgIpc) is 0.872. The zero-order valence-electron chi connectivity index (χ0n) is 74.8. The number of rotatable bonds is 29. The molecule has 12 aromatic carbocycles. The standard InChI is InChI=1S/C21H23NO4.2C17H14O3.C16H15NO3.C16H14O3.C9H8O3.C8H8O.C5H11NO2.CH4.H2/c23-19(17-6-2-1-3-7-17)14-11-16-9-12-18(13-10-16)21(24)22-26-20-8-4-5-15-25-20;2*1-20-17(19)15-10-7-13(8-11-15)9-12-16(18)14-5-3-2-4-6-14;18-15(13-4-2-1-3-5-13)11-8-12-6-9-14(10-7-12)16(19)17-20;17-15(13-4-2-1-3-5-13)11-8-12-6-9-14(10-7-12)16(18)19;1-12-9(11)8-4-2-7(6-10)3-5-8;1-7(9)8-5-3-2-4-6-8;6-8-5-3-1-2-4-7-5;;/h1-3,6-7,9-10,12-13,20H,4-5,8,11,14-15H2,(H,22,24);2*2-12H,1H3;1-7,9-10,20H,8,11H2,(H,17,19);1-7,9-10H,8,11H2,(H,18,19);2-6H,1H3;2-6H,1H3;5H,1-4,6H2;1H4;1H/b;2*12-9+;;;;;;;. The highest BCUT2D eigenvalue weighted by Gasteiger charge is 2.19. The van der Waals surface area contributed by atoms with Crippen molar-refractivity contribution >= 4 is 88.8 Å². The van der Waals surface area contributed by atoms with Crippen LogP contribution < -0.4 is 16.9 Å². The number of hydrogen-bond acceptors (Lipinski definition) is 22. The molecule has 2 aliphatic rings. The topological polar surface area (TPSA) is 377 Å². The first-order valence-corrected chi connectivity index (χ1v) is 42.9. The number of esters is 3. The number of carbonyl (C=O) groups is 13. The van der Waals surface area contributed by atoms with Crippen molar-refractivity contribution in [2.45, 2.75) is 104 Å². The first kappa shape index (κ1) is 108. The lowest BCUT2D eigenvalue weighted by atomic mass is 10.0. The summed E-state index contributed by atoms with van der Waals surface area (Å²) in [6.07, 6.45) is 16.0. The second-order valence-electron chi connectivity index (χ2n) is 29.5. The van der Waals surface area contributed by atoms with Crippen LogP contribution in [0.5, 0.6) is 0 Å². The first-order valence-electron chi connectivity index (χ1n) is 42.9. The van der Waals surface area contributed by atoms with E-state index in [1.165, 1.54) is 39.9 Å². The number of carboxylic acid groups (broad SMARTS) is 1. The number of Topliss-reactive ketones (excluding diaryl/α,β-unsaturated/α-hetero) is 4. The van der Waals surface area contributed by atoms with E-state index in [-0.39, 0.29) is 79.5 Å². The zero-order chi connectivity index (χ0) is 96.5. The number of carbonyl (C=O) groups excluding carboxylic acids is 12. The highest BCUT2D eigenvalue weighted by atomic mass is 16.8. The molecule has 700 valence electrons. The lowest BCUT2D eigenvalue weighted by molar-refractivity contribution is -0.186. The molecule has 0 bridgehead atoms. The van der Waals surface area contributed by atoms with Gasteiger partial charge in [-0.1, -0.05) is 274 Å². The molecule has 6 N–H and O–H groups in total. The summed E-state index contributed by atoms with van der Waals surface area (Å²) in [6.45, 7) is 3.02. The maximum absolute atomic E-state index is 12.1. The number of aromatic carboxylic acids is 1. The van der Waals surface area contributed by atoms with Gasteiger partial charge in [-0.3, -0.25) is 53.2 Å². The Hall–Kier alpha value is -15.6. The molecule has 2 amide bonds. The van der Waals surface area contributed by atoms with Crippen molar-refractivity contribution in [2.24, 2.45) is 5.90 Å². The molecule has 2 aliphatic heterocycles. The number of ether oxygens (including phenoxy) is 5. The van der Waals surface area contributed by atoms with Crippen LogP contribution in [0.1, 0.15) is 236 Å². The summed E-state index contributed by atoms with van der Waals surface area (Å²) in [5.74, 6) is 2.28. The van der Waals surface area contributed by atoms with Crippen molar-refractivity contribution in [3.05, 3.63) is 440 Å². The maximum atomic E-state index is 12.1. The molecule has 2 fully saturated rings. The number of aldehydes is 1. The Morgan fingerprint density at radius 2 is 0.652 bits per heavy atom. The molecular weight excluding hydrogens is 1720 g/mol. The largest absolute Gasteiger partial charge is 0.478 e. The van der Waals surface area contributed by atoms with Gasteiger partial charge in [0, 0.05) is 96.8 Å². The molecule has 25 heteroatoms. The molecular formula is C110H113N3O22. The van der Waals surface area contributed by atoms with Crippen LogP contribution in [0.15, 0.2) is 340 Å². The number of allylic oxidation sites excluding steroid dienone is 2. The van der Waals surface area contributed by atoms with Gasteiger partial charge in [-0.15, -0.1) is 0 Å². The van der Waals surface area contributed by atoms with Gasteiger partial charge in [-0.25, -0.2) is 40.9 Å². The van der Waals surface area contributed by atoms with Crippen molar-refractivity contribution in [1.82, 2.24) is 11.0 Å². The van der Waals surface area contributed by atoms with E-state index in [2.05, 4.69) is 24.5 Å². The Labute approximate surface area is 787 Å². The zero-order valence-corrected chi connectivity index (χ0v) is 74.8. The predicted molar refractivity (Wildman–Crippen MR) is 517 cm³/mol. The summed E-state index contributed by atoms with van der Waals surface area (Å²) >= 11 is 0. The fraction of sp³-hybridized carbons (Fsp3) is 0.191. The monoisotopic (exact) mass is 1830 g/mol. The minimum Gasteiger partial charge on any atom is -0.478 e. The van der Waals surface area contributed by atoms with Crippen LogP contribution in [-0.4, -0.2) is 134 Å². The number of benzene rings is 12. The van der Waals surface area contributed by atoms with Crippen molar-refractivity contribution in [3.8, 4) is 0 Å². The Morgan fingerprint density at radius 1 is 0.363 bits per heavy atom. The molecule has 25 nitrogen and oxygen atoms in total. The number of aryl methyl sites for hydroxylation is 3. The SMILES string of the molecule is C.CC(=O)c1ccccc1.COC(=O)c1ccc(/C=C/C(=O)c2ccccc2)cc1.COC(=O)c1ccc(/C=C/C(=O)c2ccccc2)cc1.COC(=O)c1ccc(C=O)cc1.NOC1CCCCO1.O=C(CCc1ccc(C(=O)NO)cc1)c1ccccc1.O=C(CCc1ccc(C(=O)NOC2CCCCO2)cc1)c1ccccc1.O=C(O)c1ccc(CCC(=O)c2ccccc2)cc1.[HH]. The molecule has 0 spiro atoms. The fourth-order valence-electron chi connectivity index (χ4n) is 12.3. The Balaban J connectivity index is 0.000000280. The summed E-state index contributed by atoms with van der Waals surface area (Å²) < 4.78 is 24.2. The highest BCUT2D eigenvalue weighted by Crippen LogP contribution is 2.19.